The van der Waals surface area contributed by atoms with Crippen molar-refractivity contribution in [1.29, 1.82) is 0 Å². The Labute approximate surface area is 151 Å². The molecule has 122 valence electrons. The number of carbonyl (C=O) groups is 2. The zero-order chi connectivity index (χ0) is 17.1. The Morgan fingerprint density at radius 2 is 1.87 bits per heavy atom. The lowest BCUT2D eigenvalue weighted by molar-refractivity contribution is -0.143. The average Bonchev–Trinajstić information content (AvgIpc) is 2.80. The number of hydrogen-bond donors (Lipinski definition) is 1. The Morgan fingerprint density at radius 3 is 2.35 bits per heavy atom. The van der Waals surface area contributed by atoms with Crippen molar-refractivity contribution >= 4 is 51.0 Å². The van der Waals surface area contributed by atoms with Crippen molar-refractivity contribution in [3.8, 4) is 0 Å². The van der Waals surface area contributed by atoms with Gasteiger partial charge >= 0.3 is 5.97 Å². The second-order valence-electron chi connectivity index (χ2n) is 4.71. The molecule has 1 unspecified atom stereocenters. The van der Waals surface area contributed by atoms with Crippen LogP contribution in [0.25, 0.3) is 0 Å². The summed E-state index contributed by atoms with van der Waals surface area (Å²) in [6, 6.07) is 7.48. The normalized spacial score (nSPS) is 11.9. The minimum absolute atomic E-state index is 0.242. The quantitative estimate of drug-likeness (QED) is 0.768. The molecular weight excluding hydrogens is 407 g/mol. The van der Waals surface area contributed by atoms with Crippen molar-refractivity contribution in [3.63, 3.8) is 0 Å². The van der Waals surface area contributed by atoms with E-state index < -0.39 is 17.9 Å². The number of amides is 1. The Kier molecular flexibility index (Phi) is 5.73. The maximum atomic E-state index is 12.4. The molecule has 0 radical (unpaired) electrons. The summed E-state index contributed by atoms with van der Waals surface area (Å²) in [6.07, 6.45) is 0. The molecule has 2 rings (SSSR count). The number of nitrogens with one attached hydrogen (secondary N) is 1. The molecule has 1 aromatic carbocycles. The predicted molar refractivity (Wildman–Crippen MR) is 91.8 cm³/mol. The summed E-state index contributed by atoms with van der Waals surface area (Å²) >= 11 is 15.2. The molecule has 1 N–H and O–H groups in total. The van der Waals surface area contributed by atoms with Crippen LogP contribution in [0, 0.1) is 0 Å². The molecule has 1 aromatic heterocycles. The zero-order valence-electron chi connectivity index (χ0n) is 12.3. The molecule has 0 aliphatic carbocycles. The molecule has 23 heavy (non-hydrogen) atoms. The number of benzene rings is 1. The van der Waals surface area contributed by atoms with Crippen molar-refractivity contribution < 1.29 is 14.3 Å². The molecule has 0 aliphatic rings. The molecule has 0 saturated heterocycles. The fourth-order valence-corrected chi connectivity index (χ4v) is 2.66. The van der Waals surface area contributed by atoms with E-state index in [0.29, 0.717) is 5.56 Å². The highest BCUT2D eigenvalue weighted by Crippen LogP contribution is 2.26. The van der Waals surface area contributed by atoms with Crippen LogP contribution in [-0.2, 0) is 16.6 Å². The second-order valence-corrected chi connectivity index (χ2v) is 6.39. The number of halogens is 3. The fourth-order valence-electron chi connectivity index (χ4n) is 2.02. The maximum Gasteiger partial charge on any atom is 0.333 e. The van der Waals surface area contributed by atoms with E-state index in [1.807, 2.05) is 0 Å². The van der Waals surface area contributed by atoms with Gasteiger partial charge in [0, 0.05) is 11.5 Å². The molecule has 0 aliphatic heterocycles. The molecule has 8 heteroatoms. The number of hydrogen-bond acceptors (Lipinski definition) is 3. The number of rotatable bonds is 4. The highest BCUT2D eigenvalue weighted by atomic mass is 79.9. The summed E-state index contributed by atoms with van der Waals surface area (Å²) in [5, 5.41) is 3.14. The highest BCUT2D eigenvalue weighted by Gasteiger charge is 2.26. The second kappa shape index (κ2) is 7.38. The predicted octanol–water partition coefficient (Wildman–Crippen LogP) is 3.74. The molecule has 1 atom stereocenters. The van der Waals surface area contributed by atoms with Crippen LogP contribution < -0.4 is 5.32 Å². The van der Waals surface area contributed by atoms with Crippen LogP contribution in [0.2, 0.25) is 10.2 Å². The van der Waals surface area contributed by atoms with E-state index in [4.69, 9.17) is 27.9 Å². The van der Waals surface area contributed by atoms with Crippen molar-refractivity contribution in [1.82, 2.24) is 9.88 Å². The largest absolute Gasteiger partial charge is 0.467 e. The van der Waals surface area contributed by atoms with Crippen molar-refractivity contribution in [2.75, 3.05) is 7.11 Å². The number of ether oxygens (including phenoxy) is 1. The molecule has 0 saturated carbocycles. The molecule has 1 heterocycles. The lowest BCUT2D eigenvalue weighted by Gasteiger charge is -2.17. The van der Waals surface area contributed by atoms with E-state index in [2.05, 4.69) is 21.2 Å². The monoisotopic (exact) mass is 418 g/mol. The number of esters is 1. The summed E-state index contributed by atoms with van der Waals surface area (Å²) in [5.41, 5.74) is 0.839. The van der Waals surface area contributed by atoms with Gasteiger partial charge in [-0.1, -0.05) is 51.3 Å². The third kappa shape index (κ3) is 3.88. The van der Waals surface area contributed by atoms with Crippen LogP contribution in [0.4, 0.5) is 0 Å². The van der Waals surface area contributed by atoms with Gasteiger partial charge in [0.1, 0.15) is 10.8 Å². The van der Waals surface area contributed by atoms with Gasteiger partial charge in [-0.2, -0.15) is 0 Å². The Balaban J connectivity index is 2.30. The molecule has 5 nitrogen and oxygen atoms in total. The van der Waals surface area contributed by atoms with Crippen molar-refractivity contribution in [2.24, 2.45) is 7.05 Å². The zero-order valence-corrected chi connectivity index (χ0v) is 15.4. The molecule has 0 bridgehead atoms. The standard InChI is InChI=1S/C15H13BrCl2N2O3/c1-20-11(7-10(17)13(20)18)14(21)19-12(15(22)23-2)8-3-5-9(16)6-4-8/h3-7,12H,1-2H3,(H,19,21). The van der Waals surface area contributed by atoms with Gasteiger partial charge in [0.25, 0.3) is 5.91 Å². The summed E-state index contributed by atoms with van der Waals surface area (Å²) in [4.78, 5) is 24.4. The molecule has 2 aromatic rings. The Morgan fingerprint density at radius 1 is 1.26 bits per heavy atom. The summed E-state index contributed by atoms with van der Waals surface area (Å²) in [7, 11) is 2.87. The van der Waals surface area contributed by atoms with Gasteiger partial charge in [0.2, 0.25) is 0 Å². The van der Waals surface area contributed by atoms with Gasteiger partial charge in [-0.05, 0) is 23.8 Å². The van der Waals surface area contributed by atoms with E-state index in [1.54, 1.807) is 31.3 Å². The van der Waals surface area contributed by atoms with Crippen LogP contribution in [0.5, 0.6) is 0 Å². The first kappa shape index (κ1) is 17.8. The van der Waals surface area contributed by atoms with E-state index >= 15 is 0 Å². The number of nitrogens with zero attached hydrogens (tertiary/aromatic N) is 1. The molecule has 0 fully saturated rings. The van der Waals surface area contributed by atoms with Crippen LogP contribution in [0.15, 0.2) is 34.8 Å². The molecule has 1 amide bonds. The first-order valence-electron chi connectivity index (χ1n) is 6.50. The topological polar surface area (TPSA) is 60.3 Å². The van der Waals surface area contributed by atoms with Gasteiger partial charge in [0.15, 0.2) is 6.04 Å². The summed E-state index contributed by atoms with van der Waals surface area (Å²) in [5.74, 6) is -1.06. The Bertz CT molecular complexity index is 744. The molecule has 0 spiro atoms. The first-order chi connectivity index (χ1) is 10.8. The van der Waals surface area contributed by atoms with E-state index in [-0.39, 0.29) is 15.9 Å². The van der Waals surface area contributed by atoms with Crippen molar-refractivity contribution in [3.05, 3.63) is 56.2 Å². The lowest BCUT2D eigenvalue weighted by atomic mass is 10.1. The summed E-state index contributed by atoms with van der Waals surface area (Å²) < 4.78 is 7.07. The number of methoxy groups -OCH3 is 1. The van der Waals surface area contributed by atoms with Gasteiger partial charge < -0.3 is 14.6 Å². The fraction of sp³-hybridized carbons (Fsp3) is 0.200. The van der Waals surface area contributed by atoms with Gasteiger partial charge in [-0.3, -0.25) is 4.79 Å². The SMILES string of the molecule is COC(=O)C(NC(=O)c1cc(Cl)c(Cl)n1C)c1ccc(Br)cc1. The maximum absolute atomic E-state index is 12.4. The van der Waals surface area contributed by atoms with Crippen LogP contribution in [0.1, 0.15) is 22.1 Å². The van der Waals surface area contributed by atoms with E-state index in [9.17, 15) is 9.59 Å². The minimum atomic E-state index is -0.937. The molecular formula is C15H13BrCl2N2O3. The Hall–Kier alpha value is -1.50. The van der Waals surface area contributed by atoms with Gasteiger partial charge in [-0.15, -0.1) is 0 Å². The van der Waals surface area contributed by atoms with Crippen LogP contribution in [0.3, 0.4) is 0 Å². The minimum Gasteiger partial charge on any atom is -0.467 e. The highest BCUT2D eigenvalue weighted by molar-refractivity contribution is 9.10. The number of carbonyl (C=O) groups excluding carboxylic acids is 2. The lowest BCUT2D eigenvalue weighted by Crippen LogP contribution is -2.35. The average molecular weight is 420 g/mol. The van der Waals surface area contributed by atoms with Crippen molar-refractivity contribution in [2.45, 2.75) is 6.04 Å². The first-order valence-corrected chi connectivity index (χ1v) is 8.05. The van der Waals surface area contributed by atoms with Gasteiger partial charge in [0.05, 0.1) is 12.1 Å². The smallest absolute Gasteiger partial charge is 0.333 e. The number of aromatic nitrogens is 1. The van der Waals surface area contributed by atoms with Gasteiger partial charge in [-0.25, -0.2) is 4.79 Å². The van der Waals surface area contributed by atoms with E-state index in [1.165, 1.54) is 17.7 Å². The van der Waals surface area contributed by atoms with Crippen LogP contribution in [-0.4, -0.2) is 23.6 Å². The summed E-state index contributed by atoms with van der Waals surface area (Å²) in [6.45, 7) is 0. The third-order valence-corrected chi connectivity index (χ3v) is 4.64. The van der Waals surface area contributed by atoms with Crippen LogP contribution >= 0.6 is 39.1 Å². The van der Waals surface area contributed by atoms with E-state index in [0.717, 1.165) is 4.47 Å². The third-order valence-electron chi connectivity index (χ3n) is 3.26.